The van der Waals surface area contributed by atoms with Gasteiger partial charge in [0.15, 0.2) is 0 Å². The molecular weight excluding hydrogens is 400 g/mol. The molecule has 7 nitrogen and oxygen atoms in total. The number of nitrogens with two attached hydrogens (primary N) is 1. The van der Waals surface area contributed by atoms with Crippen molar-refractivity contribution in [3.05, 3.63) is 54.1 Å². The molecule has 0 spiro atoms. The quantitative estimate of drug-likeness (QED) is 0.461. The van der Waals surface area contributed by atoms with E-state index in [1.807, 2.05) is 24.3 Å². The number of hydrogen-bond acceptors (Lipinski definition) is 5. The topological polar surface area (TPSA) is 113 Å². The number of benzene rings is 2. The third kappa shape index (κ3) is 6.25. The summed E-state index contributed by atoms with van der Waals surface area (Å²) >= 11 is 1.31. The lowest BCUT2D eigenvalue weighted by Gasteiger charge is -2.15. The van der Waals surface area contributed by atoms with Crippen molar-refractivity contribution in [3.8, 4) is 0 Å². The van der Waals surface area contributed by atoms with Crippen molar-refractivity contribution in [2.24, 2.45) is 5.73 Å². The van der Waals surface area contributed by atoms with Crippen LogP contribution in [0.5, 0.6) is 0 Å². The van der Waals surface area contributed by atoms with Gasteiger partial charge in [0.1, 0.15) is 0 Å². The minimum absolute atomic E-state index is 0.0206. The molecular formula is C22H26N4O3S. The van der Waals surface area contributed by atoms with Crippen LogP contribution in [0.4, 0.5) is 11.4 Å². The van der Waals surface area contributed by atoms with Crippen LogP contribution in [0, 0.1) is 0 Å². The maximum Gasteiger partial charge on any atom is 0.253 e. The fourth-order valence-corrected chi connectivity index (χ4v) is 4.15. The highest BCUT2D eigenvalue weighted by molar-refractivity contribution is 8.00. The van der Waals surface area contributed by atoms with Crippen LogP contribution in [0.2, 0.25) is 0 Å². The highest BCUT2D eigenvalue weighted by atomic mass is 32.2. The lowest BCUT2D eigenvalue weighted by atomic mass is 10.1. The smallest absolute Gasteiger partial charge is 0.253 e. The lowest BCUT2D eigenvalue weighted by molar-refractivity contribution is -0.116. The summed E-state index contributed by atoms with van der Waals surface area (Å²) in [6.45, 7) is 0.0206. The van der Waals surface area contributed by atoms with Crippen molar-refractivity contribution >= 4 is 40.9 Å². The second-order valence-corrected chi connectivity index (χ2v) is 8.17. The normalized spacial score (nSPS) is 13.6. The third-order valence-corrected chi connectivity index (χ3v) is 5.93. The SMILES string of the molecule is NC(=O)CSc1ccccc1NCC(=O)Nc1ccccc1C(=O)NC1CCCC1. The van der Waals surface area contributed by atoms with Gasteiger partial charge in [-0.2, -0.15) is 0 Å². The molecule has 1 saturated carbocycles. The van der Waals surface area contributed by atoms with E-state index in [9.17, 15) is 14.4 Å². The molecule has 3 amide bonds. The number of rotatable bonds is 9. The lowest BCUT2D eigenvalue weighted by Crippen LogP contribution is -2.33. The molecule has 8 heteroatoms. The van der Waals surface area contributed by atoms with E-state index in [4.69, 9.17) is 5.73 Å². The molecule has 30 heavy (non-hydrogen) atoms. The largest absolute Gasteiger partial charge is 0.375 e. The number of carbonyl (C=O) groups excluding carboxylic acids is 3. The molecule has 1 aliphatic carbocycles. The van der Waals surface area contributed by atoms with Crippen molar-refractivity contribution in [1.29, 1.82) is 0 Å². The summed E-state index contributed by atoms with van der Waals surface area (Å²) in [6.07, 6.45) is 4.26. The molecule has 0 aromatic heterocycles. The van der Waals surface area contributed by atoms with E-state index in [0.717, 1.165) is 36.3 Å². The molecule has 5 N–H and O–H groups in total. The van der Waals surface area contributed by atoms with E-state index >= 15 is 0 Å². The average Bonchev–Trinajstić information content (AvgIpc) is 3.24. The molecule has 3 rings (SSSR count). The summed E-state index contributed by atoms with van der Waals surface area (Å²) in [5.74, 6) is -0.682. The number of hydrogen-bond donors (Lipinski definition) is 4. The first-order valence-electron chi connectivity index (χ1n) is 9.96. The Balaban J connectivity index is 1.59. The number of primary amides is 1. The third-order valence-electron chi connectivity index (χ3n) is 4.83. The van der Waals surface area contributed by atoms with Gasteiger partial charge < -0.3 is 21.7 Å². The first-order valence-corrected chi connectivity index (χ1v) is 10.9. The molecule has 2 aromatic rings. The van der Waals surface area contributed by atoms with E-state index in [1.165, 1.54) is 11.8 Å². The molecule has 2 aromatic carbocycles. The zero-order valence-electron chi connectivity index (χ0n) is 16.6. The van der Waals surface area contributed by atoms with Gasteiger partial charge in [-0.25, -0.2) is 0 Å². The Hall–Kier alpha value is -3.00. The predicted molar refractivity (Wildman–Crippen MR) is 120 cm³/mol. The molecule has 0 atom stereocenters. The molecule has 1 fully saturated rings. The van der Waals surface area contributed by atoms with Crippen molar-refractivity contribution in [1.82, 2.24) is 5.32 Å². The second-order valence-electron chi connectivity index (χ2n) is 7.15. The number of carbonyl (C=O) groups is 3. The zero-order chi connectivity index (χ0) is 21.3. The monoisotopic (exact) mass is 426 g/mol. The summed E-state index contributed by atoms with van der Waals surface area (Å²) in [4.78, 5) is 37.0. The van der Waals surface area contributed by atoms with E-state index in [1.54, 1.807) is 24.3 Å². The Morgan fingerprint density at radius 1 is 0.967 bits per heavy atom. The summed E-state index contributed by atoms with van der Waals surface area (Å²) in [7, 11) is 0. The van der Waals surface area contributed by atoms with Crippen molar-refractivity contribution in [3.63, 3.8) is 0 Å². The Labute approximate surface area is 180 Å². The summed E-state index contributed by atoms with van der Waals surface area (Å²) in [5, 5.41) is 8.94. The Bertz CT molecular complexity index is 913. The Morgan fingerprint density at radius 3 is 2.37 bits per heavy atom. The zero-order valence-corrected chi connectivity index (χ0v) is 17.5. The second kappa shape index (κ2) is 10.7. The average molecular weight is 427 g/mol. The van der Waals surface area contributed by atoms with Crippen LogP contribution < -0.4 is 21.7 Å². The first kappa shape index (κ1) is 21.7. The van der Waals surface area contributed by atoms with Crippen LogP contribution in [0.15, 0.2) is 53.4 Å². The van der Waals surface area contributed by atoms with E-state index in [0.29, 0.717) is 11.3 Å². The van der Waals surface area contributed by atoms with Gasteiger partial charge in [-0.1, -0.05) is 37.1 Å². The fourth-order valence-electron chi connectivity index (χ4n) is 3.38. The van der Waals surface area contributed by atoms with Crippen molar-refractivity contribution < 1.29 is 14.4 Å². The molecule has 0 aliphatic heterocycles. The van der Waals surface area contributed by atoms with E-state index < -0.39 is 5.91 Å². The van der Waals surface area contributed by atoms with Gasteiger partial charge >= 0.3 is 0 Å². The van der Waals surface area contributed by atoms with Gasteiger partial charge in [-0.05, 0) is 37.1 Å². The molecule has 0 heterocycles. The van der Waals surface area contributed by atoms with Crippen molar-refractivity contribution in [2.75, 3.05) is 22.9 Å². The maximum absolute atomic E-state index is 12.6. The van der Waals surface area contributed by atoms with Crippen LogP contribution in [0.3, 0.4) is 0 Å². The number of thioether (sulfide) groups is 1. The molecule has 0 radical (unpaired) electrons. The van der Waals surface area contributed by atoms with E-state index in [-0.39, 0.29) is 30.2 Å². The Morgan fingerprint density at radius 2 is 1.63 bits per heavy atom. The highest BCUT2D eigenvalue weighted by Crippen LogP contribution is 2.26. The first-order chi connectivity index (χ1) is 14.5. The van der Waals surface area contributed by atoms with Crippen LogP contribution in [0.1, 0.15) is 36.0 Å². The van der Waals surface area contributed by atoms with E-state index in [2.05, 4.69) is 16.0 Å². The summed E-state index contributed by atoms with van der Waals surface area (Å²) in [5.41, 5.74) is 6.89. The van der Waals surface area contributed by atoms with Gasteiger partial charge in [-0.3, -0.25) is 14.4 Å². The molecule has 0 unspecified atom stereocenters. The molecule has 1 aliphatic rings. The van der Waals surface area contributed by atoms with Crippen LogP contribution in [0.25, 0.3) is 0 Å². The number of anilines is 2. The molecule has 158 valence electrons. The van der Waals surface area contributed by atoms with Gasteiger partial charge in [0.25, 0.3) is 5.91 Å². The Kier molecular flexibility index (Phi) is 7.73. The number of amides is 3. The highest BCUT2D eigenvalue weighted by Gasteiger charge is 2.20. The van der Waals surface area contributed by atoms with Crippen LogP contribution >= 0.6 is 11.8 Å². The predicted octanol–water partition coefficient (Wildman–Crippen LogP) is 2.99. The molecule has 0 bridgehead atoms. The van der Waals surface area contributed by atoms with Gasteiger partial charge in [0, 0.05) is 16.6 Å². The fraction of sp³-hybridized carbons (Fsp3) is 0.318. The van der Waals surface area contributed by atoms with Crippen LogP contribution in [-0.2, 0) is 9.59 Å². The summed E-state index contributed by atoms with van der Waals surface area (Å²) < 4.78 is 0. The standard InChI is InChI=1S/C22H26N4O3S/c23-20(27)14-30-19-12-6-5-11-18(19)24-13-21(28)26-17-10-4-3-9-16(17)22(29)25-15-7-1-2-8-15/h3-6,9-12,15,24H,1-2,7-8,13-14H2,(H2,23,27)(H,25,29)(H,26,28). The molecule has 0 saturated heterocycles. The van der Waals surface area contributed by atoms with Gasteiger partial charge in [0.2, 0.25) is 11.8 Å². The van der Waals surface area contributed by atoms with Gasteiger partial charge in [-0.15, -0.1) is 11.8 Å². The van der Waals surface area contributed by atoms with Crippen molar-refractivity contribution in [2.45, 2.75) is 36.6 Å². The van der Waals surface area contributed by atoms with Crippen LogP contribution in [-0.4, -0.2) is 36.1 Å². The summed E-state index contributed by atoms with van der Waals surface area (Å²) in [6, 6.07) is 14.6. The minimum Gasteiger partial charge on any atom is -0.375 e. The maximum atomic E-state index is 12.6. The number of nitrogens with one attached hydrogen (secondary N) is 3. The minimum atomic E-state index is -0.403. The number of para-hydroxylation sites is 2. The van der Waals surface area contributed by atoms with Gasteiger partial charge in [0.05, 0.1) is 23.5 Å².